The van der Waals surface area contributed by atoms with Crippen molar-refractivity contribution in [3.63, 3.8) is 0 Å². The van der Waals surface area contributed by atoms with Gasteiger partial charge in [-0.3, -0.25) is 0 Å². The predicted octanol–water partition coefficient (Wildman–Crippen LogP) is 2.83. The molecule has 0 aliphatic carbocycles. The van der Waals surface area contributed by atoms with Crippen molar-refractivity contribution in [3.8, 4) is 0 Å². The lowest BCUT2D eigenvalue weighted by Gasteiger charge is -2.33. The second-order valence-corrected chi connectivity index (χ2v) is 3.92. The molecule has 0 N–H and O–H groups in total. The Bertz CT molecular complexity index is 141. The Morgan fingerprint density at radius 3 is 2.50 bits per heavy atom. The lowest BCUT2D eigenvalue weighted by Crippen LogP contribution is -2.37. The first-order chi connectivity index (χ1) is 5.74. The van der Waals surface area contributed by atoms with Crippen LogP contribution in [0.15, 0.2) is 12.2 Å². The minimum Gasteiger partial charge on any atom is -0.300 e. The second-order valence-electron chi connectivity index (χ2n) is 3.92. The van der Waals surface area contributed by atoms with Crippen molar-refractivity contribution in [2.45, 2.75) is 45.6 Å². The summed E-state index contributed by atoms with van der Waals surface area (Å²) in [5, 5.41) is 0. The smallest absolute Gasteiger partial charge is 0.00670 e. The standard InChI is InChI=1S/C11H21N/c1-4-5-11(3)12-8-6-10(2)7-9-12/h11H,2,4-9H2,1,3H3. The maximum atomic E-state index is 4.03. The summed E-state index contributed by atoms with van der Waals surface area (Å²) < 4.78 is 0. The van der Waals surface area contributed by atoms with Crippen molar-refractivity contribution >= 4 is 0 Å². The molecular weight excluding hydrogens is 146 g/mol. The van der Waals surface area contributed by atoms with Crippen molar-refractivity contribution in [2.24, 2.45) is 0 Å². The average Bonchev–Trinajstić information content (AvgIpc) is 2.06. The third-order valence-electron chi connectivity index (χ3n) is 2.83. The van der Waals surface area contributed by atoms with Gasteiger partial charge >= 0.3 is 0 Å². The van der Waals surface area contributed by atoms with Crippen molar-refractivity contribution in [2.75, 3.05) is 13.1 Å². The van der Waals surface area contributed by atoms with E-state index in [1.165, 1.54) is 44.3 Å². The molecule has 1 atom stereocenters. The minimum atomic E-state index is 0.781. The summed E-state index contributed by atoms with van der Waals surface area (Å²) in [6.07, 6.45) is 5.08. The molecule has 0 aromatic heterocycles. The molecule has 1 heterocycles. The summed E-state index contributed by atoms with van der Waals surface area (Å²) in [6, 6.07) is 0.781. The van der Waals surface area contributed by atoms with Gasteiger partial charge in [-0.05, 0) is 26.2 Å². The average molecular weight is 167 g/mol. The molecule has 1 rings (SSSR count). The predicted molar refractivity (Wildman–Crippen MR) is 54.3 cm³/mol. The number of hydrogen-bond acceptors (Lipinski definition) is 1. The molecule has 70 valence electrons. The molecule has 0 radical (unpaired) electrons. The van der Waals surface area contributed by atoms with Crippen LogP contribution in [0.4, 0.5) is 0 Å². The first-order valence-corrected chi connectivity index (χ1v) is 5.14. The van der Waals surface area contributed by atoms with Crippen LogP contribution in [0.3, 0.4) is 0 Å². The summed E-state index contributed by atoms with van der Waals surface area (Å²) in [6.45, 7) is 11.1. The molecule has 0 amide bonds. The third kappa shape index (κ3) is 2.63. The summed E-state index contributed by atoms with van der Waals surface area (Å²) in [5.41, 5.74) is 1.44. The maximum Gasteiger partial charge on any atom is 0.00670 e. The molecule has 1 aliphatic heterocycles. The molecule has 0 spiro atoms. The van der Waals surface area contributed by atoms with Crippen LogP contribution >= 0.6 is 0 Å². The van der Waals surface area contributed by atoms with Gasteiger partial charge in [0, 0.05) is 19.1 Å². The first kappa shape index (κ1) is 9.79. The molecule has 0 aromatic rings. The van der Waals surface area contributed by atoms with E-state index in [0.717, 1.165) is 6.04 Å². The molecule has 0 saturated carbocycles. The van der Waals surface area contributed by atoms with E-state index in [1.807, 2.05) is 0 Å². The Labute approximate surface area is 76.5 Å². The molecule has 1 saturated heterocycles. The minimum absolute atomic E-state index is 0.781. The van der Waals surface area contributed by atoms with Gasteiger partial charge in [-0.15, -0.1) is 0 Å². The summed E-state index contributed by atoms with van der Waals surface area (Å²) >= 11 is 0. The van der Waals surface area contributed by atoms with Gasteiger partial charge in [0.15, 0.2) is 0 Å². The number of hydrogen-bond donors (Lipinski definition) is 0. The fourth-order valence-corrected chi connectivity index (χ4v) is 1.88. The zero-order chi connectivity index (χ0) is 8.97. The van der Waals surface area contributed by atoms with Gasteiger partial charge in [0.1, 0.15) is 0 Å². The van der Waals surface area contributed by atoms with Crippen LogP contribution in [-0.4, -0.2) is 24.0 Å². The molecule has 1 fully saturated rings. The van der Waals surface area contributed by atoms with E-state index in [2.05, 4.69) is 25.3 Å². The molecular formula is C11H21N. The fourth-order valence-electron chi connectivity index (χ4n) is 1.88. The van der Waals surface area contributed by atoms with Crippen LogP contribution in [0, 0.1) is 0 Å². The van der Waals surface area contributed by atoms with Crippen molar-refractivity contribution in [3.05, 3.63) is 12.2 Å². The van der Waals surface area contributed by atoms with Crippen LogP contribution in [-0.2, 0) is 0 Å². The van der Waals surface area contributed by atoms with Crippen LogP contribution in [0.2, 0.25) is 0 Å². The van der Waals surface area contributed by atoms with Crippen LogP contribution in [0.1, 0.15) is 39.5 Å². The normalized spacial score (nSPS) is 22.7. The second kappa shape index (κ2) is 4.66. The van der Waals surface area contributed by atoms with E-state index in [-0.39, 0.29) is 0 Å². The molecule has 0 aromatic carbocycles. The van der Waals surface area contributed by atoms with E-state index in [1.54, 1.807) is 0 Å². The molecule has 1 aliphatic rings. The Balaban J connectivity index is 2.28. The van der Waals surface area contributed by atoms with Crippen LogP contribution < -0.4 is 0 Å². The fraction of sp³-hybridized carbons (Fsp3) is 0.818. The number of rotatable bonds is 3. The van der Waals surface area contributed by atoms with Crippen LogP contribution in [0.25, 0.3) is 0 Å². The Morgan fingerprint density at radius 1 is 1.42 bits per heavy atom. The van der Waals surface area contributed by atoms with Gasteiger partial charge < -0.3 is 4.90 Å². The number of nitrogens with zero attached hydrogens (tertiary/aromatic N) is 1. The van der Waals surface area contributed by atoms with E-state index in [4.69, 9.17) is 0 Å². The first-order valence-electron chi connectivity index (χ1n) is 5.14. The maximum absolute atomic E-state index is 4.03. The number of likely N-dealkylation sites (tertiary alicyclic amines) is 1. The van der Waals surface area contributed by atoms with Crippen molar-refractivity contribution in [1.82, 2.24) is 4.90 Å². The summed E-state index contributed by atoms with van der Waals surface area (Å²) in [4.78, 5) is 2.60. The highest BCUT2D eigenvalue weighted by Crippen LogP contribution is 2.17. The lowest BCUT2D eigenvalue weighted by molar-refractivity contribution is 0.186. The van der Waals surface area contributed by atoms with Gasteiger partial charge in [0.25, 0.3) is 0 Å². The molecule has 1 nitrogen and oxygen atoms in total. The van der Waals surface area contributed by atoms with Crippen molar-refractivity contribution in [1.29, 1.82) is 0 Å². The van der Waals surface area contributed by atoms with Gasteiger partial charge in [-0.2, -0.15) is 0 Å². The zero-order valence-electron chi connectivity index (χ0n) is 8.47. The monoisotopic (exact) mass is 167 g/mol. The molecule has 0 bridgehead atoms. The van der Waals surface area contributed by atoms with E-state index < -0.39 is 0 Å². The molecule has 1 heteroatoms. The van der Waals surface area contributed by atoms with E-state index in [0.29, 0.717) is 0 Å². The summed E-state index contributed by atoms with van der Waals surface area (Å²) in [7, 11) is 0. The van der Waals surface area contributed by atoms with Gasteiger partial charge in [0.2, 0.25) is 0 Å². The van der Waals surface area contributed by atoms with Gasteiger partial charge in [-0.25, -0.2) is 0 Å². The number of piperidine rings is 1. The van der Waals surface area contributed by atoms with Crippen molar-refractivity contribution < 1.29 is 0 Å². The molecule has 12 heavy (non-hydrogen) atoms. The lowest BCUT2D eigenvalue weighted by atomic mass is 10.0. The Hall–Kier alpha value is -0.300. The Kier molecular flexibility index (Phi) is 3.80. The summed E-state index contributed by atoms with van der Waals surface area (Å²) in [5.74, 6) is 0. The highest BCUT2D eigenvalue weighted by Gasteiger charge is 2.16. The Morgan fingerprint density at radius 2 is 2.00 bits per heavy atom. The van der Waals surface area contributed by atoms with E-state index in [9.17, 15) is 0 Å². The topological polar surface area (TPSA) is 3.24 Å². The quantitative estimate of drug-likeness (QED) is 0.584. The SMILES string of the molecule is C=C1CCN(C(C)CCC)CC1. The van der Waals surface area contributed by atoms with Gasteiger partial charge in [0.05, 0.1) is 0 Å². The van der Waals surface area contributed by atoms with E-state index >= 15 is 0 Å². The highest BCUT2D eigenvalue weighted by atomic mass is 15.1. The molecule has 1 unspecified atom stereocenters. The van der Waals surface area contributed by atoms with Crippen LogP contribution in [0.5, 0.6) is 0 Å². The van der Waals surface area contributed by atoms with Gasteiger partial charge in [-0.1, -0.05) is 25.5 Å². The third-order valence-corrected chi connectivity index (χ3v) is 2.83. The zero-order valence-corrected chi connectivity index (χ0v) is 8.47. The largest absolute Gasteiger partial charge is 0.300 e. The highest BCUT2D eigenvalue weighted by molar-refractivity contribution is 4.99.